The highest BCUT2D eigenvalue weighted by atomic mass is 15.1. The highest BCUT2D eigenvalue weighted by molar-refractivity contribution is 6.19. The maximum atomic E-state index is 5.30. The van der Waals surface area contributed by atoms with Crippen LogP contribution in [0.25, 0.3) is 72.9 Å². The van der Waals surface area contributed by atoms with Gasteiger partial charge >= 0.3 is 0 Å². The molecule has 0 saturated carbocycles. The van der Waals surface area contributed by atoms with Crippen LogP contribution in [0, 0.1) is 0 Å². The highest BCUT2D eigenvalue weighted by Gasteiger charge is 2.24. The van der Waals surface area contributed by atoms with Gasteiger partial charge in [0.15, 0.2) is 0 Å². The lowest BCUT2D eigenvalue weighted by molar-refractivity contribution is 0.952. The molecule has 208 valence electrons. The Morgan fingerprint density at radius 2 is 1.18 bits per heavy atom. The van der Waals surface area contributed by atoms with E-state index >= 15 is 0 Å². The van der Waals surface area contributed by atoms with Gasteiger partial charge in [0.2, 0.25) is 0 Å². The Hall–Kier alpha value is -5.74. The number of aromatic nitrogens is 4. The highest BCUT2D eigenvalue weighted by Crippen LogP contribution is 2.42. The van der Waals surface area contributed by atoms with Crippen LogP contribution in [0.3, 0.4) is 0 Å². The fourth-order valence-electron chi connectivity index (χ4n) is 6.88. The molecule has 4 heteroatoms. The summed E-state index contributed by atoms with van der Waals surface area (Å²) in [6.45, 7) is 0. The lowest BCUT2D eigenvalue weighted by Gasteiger charge is -2.14. The molecule has 4 nitrogen and oxygen atoms in total. The fourth-order valence-corrected chi connectivity index (χ4v) is 6.88. The molecule has 0 atom stereocenters. The predicted molar refractivity (Wildman–Crippen MR) is 181 cm³/mol. The minimum Gasteiger partial charge on any atom is -0.307 e. The number of hydrogen-bond donors (Lipinski definition) is 0. The molecule has 0 N–H and O–H groups in total. The maximum absolute atomic E-state index is 5.30. The summed E-state index contributed by atoms with van der Waals surface area (Å²) in [6.07, 6.45) is 6.61. The number of pyridine rings is 2. The monoisotopic (exact) mass is 564 g/mol. The van der Waals surface area contributed by atoms with Crippen LogP contribution in [-0.2, 0) is 6.42 Å². The first kappa shape index (κ1) is 24.8. The number of benzene rings is 4. The van der Waals surface area contributed by atoms with Gasteiger partial charge in [-0.3, -0.25) is 4.57 Å². The zero-order chi connectivity index (χ0) is 29.0. The topological polar surface area (TPSA) is 35.6 Å². The first-order chi connectivity index (χ1) is 21.8. The van der Waals surface area contributed by atoms with Crippen molar-refractivity contribution < 1.29 is 0 Å². The first-order valence-corrected chi connectivity index (χ1v) is 15.2. The second kappa shape index (κ2) is 9.92. The average molecular weight is 565 g/mol. The van der Waals surface area contributed by atoms with E-state index < -0.39 is 0 Å². The Balaban J connectivity index is 1.34. The van der Waals surface area contributed by atoms with Gasteiger partial charge in [0.1, 0.15) is 5.82 Å². The van der Waals surface area contributed by atoms with Crippen molar-refractivity contribution in [3.8, 4) is 34.2 Å². The Kier molecular flexibility index (Phi) is 5.60. The SMILES string of the molecule is C1=Cc2c(c3ccc4c5ccccc5n(-c5ccccc5)c4c3n2-c2cccc(-c3cccc(-c4ccccc4)n3)n2)CC1. The van der Waals surface area contributed by atoms with Crippen LogP contribution in [0.1, 0.15) is 17.7 Å². The van der Waals surface area contributed by atoms with E-state index in [4.69, 9.17) is 9.97 Å². The molecule has 0 bridgehead atoms. The van der Waals surface area contributed by atoms with Crippen molar-refractivity contribution >= 4 is 38.8 Å². The number of allylic oxidation sites excluding steroid dienone is 1. The molecule has 0 radical (unpaired) electrons. The summed E-state index contributed by atoms with van der Waals surface area (Å²) in [5.41, 5.74) is 11.1. The van der Waals surface area contributed by atoms with Crippen LogP contribution in [0.15, 0.2) is 140 Å². The van der Waals surface area contributed by atoms with E-state index in [1.165, 1.54) is 44.0 Å². The van der Waals surface area contributed by atoms with Gasteiger partial charge in [-0.25, -0.2) is 9.97 Å². The van der Waals surface area contributed by atoms with Crippen LogP contribution in [-0.4, -0.2) is 19.1 Å². The van der Waals surface area contributed by atoms with Crippen LogP contribution in [0.4, 0.5) is 0 Å². The Morgan fingerprint density at radius 1 is 0.500 bits per heavy atom. The third-order valence-corrected chi connectivity index (χ3v) is 8.80. The number of aryl methyl sites for hydroxylation is 1. The van der Waals surface area contributed by atoms with Gasteiger partial charge in [-0.2, -0.15) is 0 Å². The van der Waals surface area contributed by atoms with Crippen LogP contribution < -0.4 is 0 Å². The quantitative estimate of drug-likeness (QED) is 0.213. The standard InChI is InChI=1S/C40H28N4/c1-3-13-27(14-4-1)33-19-11-20-34(41-33)35-21-12-24-38(42-35)44-37-23-10-8-18-30(37)32-26-25-31-29-17-7-9-22-36(29)43(39(31)40(32)44)28-15-5-2-6-16-28/h1-7,9-17,19-26H,8,18H2. The van der Waals surface area contributed by atoms with Crippen LogP contribution in [0.2, 0.25) is 0 Å². The molecule has 0 amide bonds. The molecular formula is C40H28N4. The van der Waals surface area contributed by atoms with E-state index in [1.807, 2.05) is 24.3 Å². The van der Waals surface area contributed by atoms with E-state index in [0.717, 1.165) is 47.0 Å². The van der Waals surface area contributed by atoms with E-state index in [0.29, 0.717) is 0 Å². The Bertz CT molecular complexity index is 2380. The van der Waals surface area contributed by atoms with Crippen molar-refractivity contribution in [3.05, 3.63) is 151 Å². The molecule has 4 aromatic heterocycles. The first-order valence-electron chi connectivity index (χ1n) is 15.2. The summed E-state index contributed by atoms with van der Waals surface area (Å²) in [5, 5.41) is 3.77. The third kappa shape index (κ3) is 3.78. The summed E-state index contributed by atoms with van der Waals surface area (Å²) < 4.78 is 4.80. The molecule has 0 saturated heterocycles. The zero-order valence-corrected chi connectivity index (χ0v) is 24.1. The second-order valence-corrected chi connectivity index (χ2v) is 11.3. The molecule has 0 unspecified atom stereocenters. The number of fused-ring (bicyclic) bond motifs is 7. The number of rotatable bonds is 4. The molecule has 0 spiro atoms. The fraction of sp³-hybridized carbons (Fsp3) is 0.0500. The summed E-state index contributed by atoms with van der Waals surface area (Å²) in [4.78, 5) is 10.3. The molecule has 4 heterocycles. The molecular weight excluding hydrogens is 536 g/mol. The lowest BCUT2D eigenvalue weighted by Crippen LogP contribution is -2.04. The molecule has 44 heavy (non-hydrogen) atoms. The van der Waals surface area contributed by atoms with Crippen molar-refractivity contribution in [1.82, 2.24) is 19.1 Å². The Labute approximate surface area is 255 Å². The van der Waals surface area contributed by atoms with Crippen molar-refractivity contribution in [1.29, 1.82) is 0 Å². The molecule has 1 aliphatic carbocycles. The summed E-state index contributed by atoms with van der Waals surface area (Å²) >= 11 is 0. The predicted octanol–water partition coefficient (Wildman–Crippen LogP) is 9.81. The van der Waals surface area contributed by atoms with Gasteiger partial charge in [0, 0.05) is 27.4 Å². The van der Waals surface area contributed by atoms with Crippen molar-refractivity contribution in [2.75, 3.05) is 0 Å². The number of hydrogen-bond acceptors (Lipinski definition) is 2. The molecule has 0 fully saturated rings. The normalized spacial score (nSPS) is 12.7. The molecule has 1 aliphatic rings. The van der Waals surface area contributed by atoms with Crippen molar-refractivity contribution in [2.24, 2.45) is 0 Å². The number of nitrogens with zero attached hydrogens (tertiary/aromatic N) is 4. The second-order valence-electron chi connectivity index (χ2n) is 11.3. The summed E-state index contributed by atoms with van der Waals surface area (Å²) in [7, 11) is 0. The summed E-state index contributed by atoms with van der Waals surface area (Å²) in [5.74, 6) is 0.893. The zero-order valence-electron chi connectivity index (χ0n) is 24.1. The largest absolute Gasteiger partial charge is 0.307 e. The van der Waals surface area contributed by atoms with E-state index in [-0.39, 0.29) is 0 Å². The number of para-hydroxylation sites is 2. The van der Waals surface area contributed by atoms with Crippen molar-refractivity contribution in [3.63, 3.8) is 0 Å². The van der Waals surface area contributed by atoms with E-state index in [1.54, 1.807) is 0 Å². The van der Waals surface area contributed by atoms with Gasteiger partial charge in [-0.05, 0) is 66.9 Å². The van der Waals surface area contributed by atoms with Crippen molar-refractivity contribution in [2.45, 2.75) is 12.8 Å². The molecule has 9 rings (SSSR count). The maximum Gasteiger partial charge on any atom is 0.138 e. The van der Waals surface area contributed by atoms with Gasteiger partial charge in [0.05, 0.1) is 39.3 Å². The smallest absolute Gasteiger partial charge is 0.138 e. The lowest BCUT2D eigenvalue weighted by atomic mass is 10.00. The van der Waals surface area contributed by atoms with Gasteiger partial charge in [-0.15, -0.1) is 0 Å². The Morgan fingerprint density at radius 3 is 2.05 bits per heavy atom. The minimum atomic E-state index is 0.853. The average Bonchev–Trinajstić information content (AvgIpc) is 3.62. The minimum absolute atomic E-state index is 0.853. The van der Waals surface area contributed by atoms with E-state index in [2.05, 4.69) is 130 Å². The molecule has 4 aromatic carbocycles. The summed E-state index contributed by atoms with van der Waals surface area (Å²) in [6, 6.07) is 46.8. The molecule has 0 aliphatic heterocycles. The van der Waals surface area contributed by atoms with Crippen LogP contribution in [0.5, 0.6) is 0 Å². The third-order valence-electron chi connectivity index (χ3n) is 8.80. The molecule has 8 aromatic rings. The van der Waals surface area contributed by atoms with Gasteiger partial charge < -0.3 is 4.57 Å². The van der Waals surface area contributed by atoms with E-state index in [9.17, 15) is 0 Å². The van der Waals surface area contributed by atoms with Gasteiger partial charge in [0.25, 0.3) is 0 Å². The van der Waals surface area contributed by atoms with Crippen LogP contribution >= 0.6 is 0 Å². The van der Waals surface area contributed by atoms with Gasteiger partial charge in [-0.1, -0.05) is 97.1 Å².